The molecule has 8 nitrogen and oxygen atoms in total. The van der Waals surface area contributed by atoms with Gasteiger partial charge in [-0.15, -0.1) is 0 Å². The zero-order valence-corrected chi connectivity index (χ0v) is 15.0. The van der Waals surface area contributed by atoms with Crippen LogP contribution in [0.3, 0.4) is 0 Å². The van der Waals surface area contributed by atoms with Crippen LogP contribution in [0.1, 0.15) is 13.8 Å². The first-order valence-electron chi connectivity index (χ1n) is 8.59. The summed E-state index contributed by atoms with van der Waals surface area (Å²) in [4.78, 5) is 50.2. The van der Waals surface area contributed by atoms with Gasteiger partial charge < -0.3 is 14.2 Å². The van der Waals surface area contributed by atoms with E-state index in [1.54, 1.807) is 6.08 Å². The Bertz CT molecular complexity index is 895. The fourth-order valence-electron chi connectivity index (χ4n) is 4.06. The van der Waals surface area contributed by atoms with Gasteiger partial charge in [0.05, 0.1) is 23.6 Å². The van der Waals surface area contributed by atoms with E-state index in [0.717, 1.165) is 30.9 Å². The first-order valence-corrected chi connectivity index (χ1v) is 8.59. The van der Waals surface area contributed by atoms with Crippen LogP contribution in [0.4, 0.5) is 10.1 Å². The van der Waals surface area contributed by atoms with Crippen molar-refractivity contribution in [2.24, 2.45) is 11.8 Å². The van der Waals surface area contributed by atoms with E-state index in [1.807, 2.05) is 0 Å². The van der Waals surface area contributed by atoms with Gasteiger partial charge in [-0.05, 0) is 30.3 Å². The van der Waals surface area contributed by atoms with Gasteiger partial charge in [0.1, 0.15) is 5.82 Å². The standard InChI is InChI=1S/C19H16FNO7/c1-9(22)26-18(27-10(2)23)19-8-7-13(28-19)14-15(19)17(25)21(16(14)24)12-5-3-11(20)4-6-12/h3-8,13-15,18H,1-2H3/t13-,14+,15-,19-/m1/s1. The summed E-state index contributed by atoms with van der Waals surface area (Å²) in [5, 5.41) is 0. The molecule has 1 aromatic rings. The summed E-state index contributed by atoms with van der Waals surface area (Å²) >= 11 is 0. The minimum Gasteiger partial charge on any atom is -0.422 e. The molecule has 0 unspecified atom stereocenters. The molecule has 0 aliphatic carbocycles. The van der Waals surface area contributed by atoms with E-state index in [9.17, 15) is 23.6 Å². The van der Waals surface area contributed by atoms with Crippen LogP contribution in [-0.2, 0) is 33.4 Å². The molecule has 0 spiro atoms. The maximum Gasteiger partial charge on any atom is 0.305 e. The molecule has 9 heteroatoms. The molecule has 2 saturated heterocycles. The molecule has 0 N–H and O–H groups in total. The lowest BCUT2D eigenvalue weighted by atomic mass is 9.76. The van der Waals surface area contributed by atoms with Gasteiger partial charge in [0.15, 0.2) is 5.60 Å². The lowest BCUT2D eigenvalue weighted by molar-refractivity contribution is -0.226. The molecule has 3 heterocycles. The summed E-state index contributed by atoms with van der Waals surface area (Å²) < 4.78 is 29.3. The second-order valence-corrected chi connectivity index (χ2v) is 6.84. The van der Waals surface area contributed by atoms with Crippen LogP contribution in [-0.4, -0.2) is 41.7 Å². The van der Waals surface area contributed by atoms with E-state index in [1.165, 1.54) is 18.2 Å². The molecule has 2 amide bonds. The second-order valence-electron chi connectivity index (χ2n) is 6.84. The number of esters is 2. The lowest BCUT2D eigenvalue weighted by Gasteiger charge is -2.34. The quantitative estimate of drug-likeness (QED) is 0.329. The number of anilines is 1. The molecule has 0 aromatic heterocycles. The predicted molar refractivity (Wildman–Crippen MR) is 89.9 cm³/mol. The van der Waals surface area contributed by atoms with Gasteiger partial charge in [0.25, 0.3) is 6.29 Å². The normalized spacial score (nSPS) is 30.1. The number of amides is 2. The fraction of sp³-hybridized carbons (Fsp3) is 0.368. The molecule has 2 fully saturated rings. The lowest BCUT2D eigenvalue weighted by Crippen LogP contribution is -2.52. The number of imide groups is 1. The van der Waals surface area contributed by atoms with Crippen molar-refractivity contribution < 1.29 is 37.8 Å². The van der Waals surface area contributed by atoms with E-state index in [0.29, 0.717) is 0 Å². The maximum atomic E-state index is 13.2. The molecule has 146 valence electrons. The second kappa shape index (κ2) is 6.23. The highest BCUT2D eigenvalue weighted by molar-refractivity contribution is 6.23. The summed E-state index contributed by atoms with van der Waals surface area (Å²) in [6, 6.07) is 4.93. The van der Waals surface area contributed by atoms with Crippen LogP contribution in [0.25, 0.3) is 0 Å². The van der Waals surface area contributed by atoms with Crippen molar-refractivity contribution in [3.8, 4) is 0 Å². The maximum absolute atomic E-state index is 13.2. The zero-order valence-electron chi connectivity index (χ0n) is 15.0. The summed E-state index contributed by atoms with van der Waals surface area (Å²) in [6.45, 7) is 2.25. The van der Waals surface area contributed by atoms with Crippen molar-refractivity contribution in [1.82, 2.24) is 0 Å². The zero-order chi connectivity index (χ0) is 20.2. The van der Waals surface area contributed by atoms with E-state index >= 15 is 0 Å². The van der Waals surface area contributed by atoms with Gasteiger partial charge >= 0.3 is 11.9 Å². The van der Waals surface area contributed by atoms with Crippen LogP contribution in [0.2, 0.25) is 0 Å². The van der Waals surface area contributed by atoms with Crippen molar-refractivity contribution in [2.75, 3.05) is 4.90 Å². The SMILES string of the molecule is CC(=O)OC(OC(C)=O)[C@]12C=C[C@@H](O1)[C@@H]1C(=O)N(c3ccc(F)cc3)C(=O)[C@@H]12. The first-order chi connectivity index (χ1) is 13.2. The summed E-state index contributed by atoms with van der Waals surface area (Å²) in [5.74, 6) is -5.01. The highest BCUT2D eigenvalue weighted by atomic mass is 19.1. The number of fused-ring (bicyclic) bond motifs is 5. The van der Waals surface area contributed by atoms with Crippen LogP contribution < -0.4 is 4.90 Å². The van der Waals surface area contributed by atoms with Crippen LogP contribution in [0, 0.1) is 17.7 Å². The third-order valence-electron chi connectivity index (χ3n) is 5.08. The Balaban J connectivity index is 1.74. The number of halogens is 1. The number of carbonyl (C=O) groups excluding carboxylic acids is 4. The first kappa shape index (κ1) is 18.3. The van der Waals surface area contributed by atoms with Crippen LogP contribution in [0.15, 0.2) is 36.4 Å². The number of ether oxygens (including phenoxy) is 3. The molecule has 1 aromatic carbocycles. The monoisotopic (exact) mass is 389 g/mol. The fourth-order valence-corrected chi connectivity index (χ4v) is 4.06. The summed E-state index contributed by atoms with van der Waals surface area (Å²) in [6.07, 6.45) is 0.819. The predicted octanol–water partition coefficient (Wildman–Crippen LogP) is 1.09. The number of benzene rings is 1. The van der Waals surface area contributed by atoms with Gasteiger partial charge in [-0.25, -0.2) is 9.29 Å². The van der Waals surface area contributed by atoms with Gasteiger partial charge in [-0.1, -0.05) is 6.08 Å². The number of hydrogen-bond acceptors (Lipinski definition) is 7. The molecule has 3 aliphatic heterocycles. The van der Waals surface area contributed by atoms with Gasteiger partial charge in [-0.3, -0.25) is 19.2 Å². The number of carbonyl (C=O) groups is 4. The summed E-state index contributed by atoms with van der Waals surface area (Å²) in [5.41, 5.74) is -1.38. The van der Waals surface area contributed by atoms with Crippen molar-refractivity contribution >= 4 is 29.4 Å². The minimum atomic E-state index is -1.60. The molecule has 28 heavy (non-hydrogen) atoms. The number of hydrogen-bond donors (Lipinski definition) is 0. The third kappa shape index (κ3) is 2.54. The van der Waals surface area contributed by atoms with Crippen LogP contribution in [0.5, 0.6) is 0 Å². The Hall–Kier alpha value is -3.07. The van der Waals surface area contributed by atoms with Crippen molar-refractivity contribution in [1.29, 1.82) is 0 Å². The van der Waals surface area contributed by atoms with E-state index in [4.69, 9.17) is 14.2 Å². The van der Waals surface area contributed by atoms with Gasteiger partial charge in [0, 0.05) is 13.8 Å². The largest absolute Gasteiger partial charge is 0.422 e. The van der Waals surface area contributed by atoms with Crippen molar-refractivity contribution in [2.45, 2.75) is 31.8 Å². The Morgan fingerprint density at radius 3 is 2.29 bits per heavy atom. The molecule has 4 rings (SSSR count). The highest BCUT2D eigenvalue weighted by Gasteiger charge is 2.72. The molecule has 4 atom stereocenters. The molecule has 0 saturated carbocycles. The van der Waals surface area contributed by atoms with E-state index in [2.05, 4.69) is 0 Å². The van der Waals surface area contributed by atoms with E-state index < -0.39 is 59.4 Å². The Labute approximate surface area is 158 Å². The topological polar surface area (TPSA) is 99.2 Å². The molecule has 3 aliphatic rings. The molecular weight excluding hydrogens is 373 g/mol. The third-order valence-corrected chi connectivity index (χ3v) is 5.08. The average molecular weight is 389 g/mol. The van der Waals surface area contributed by atoms with Crippen molar-refractivity contribution in [3.05, 3.63) is 42.2 Å². The Morgan fingerprint density at radius 1 is 1.11 bits per heavy atom. The summed E-state index contributed by atoms with van der Waals surface area (Å²) in [7, 11) is 0. The Morgan fingerprint density at radius 2 is 1.71 bits per heavy atom. The Kier molecular flexibility index (Phi) is 4.07. The minimum absolute atomic E-state index is 0.219. The van der Waals surface area contributed by atoms with Gasteiger partial charge in [0.2, 0.25) is 11.8 Å². The van der Waals surface area contributed by atoms with Crippen molar-refractivity contribution in [3.63, 3.8) is 0 Å². The van der Waals surface area contributed by atoms with E-state index in [-0.39, 0.29) is 5.69 Å². The highest BCUT2D eigenvalue weighted by Crippen LogP contribution is 2.54. The smallest absolute Gasteiger partial charge is 0.305 e. The molecular formula is C19H16FNO7. The average Bonchev–Trinajstić information content (AvgIpc) is 3.26. The number of nitrogens with zero attached hydrogens (tertiary/aromatic N) is 1. The molecule has 0 radical (unpaired) electrons. The molecule has 2 bridgehead atoms. The van der Waals surface area contributed by atoms with Crippen LogP contribution >= 0.6 is 0 Å². The number of rotatable bonds is 4. The van der Waals surface area contributed by atoms with Gasteiger partial charge in [-0.2, -0.15) is 0 Å².